The van der Waals surface area contributed by atoms with Gasteiger partial charge in [-0.05, 0) is 19.9 Å². The van der Waals surface area contributed by atoms with Gasteiger partial charge in [-0.1, -0.05) is 26.8 Å². The van der Waals surface area contributed by atoms with E-state index in [-0.39, 0.29) is 30.2 Å². The normalized spacial score (nSPS) is 51.8. The number of rotatable bonds is 2. The Morgan fingerprint density at radius 3 is 2.58 bits per heavy atom. The standard InChI is InChI=1S/C19H26O7/c1-9(2)15(20)23-11-8-18(5,22)19-7-6-17(4,25-26-19)14(19)13-12(11)10(3)16(21)24-13/h6-7,9-14,22H,8H2,1-5H3/t10-,11-,12+,13-,14-,17+,18-,19-/m0/s1. The summed E-state index contributed by atoms with van der Waals surface area (Å²) < 4.78 is 11.5. The molecule has 1 N–H and O–H groups in total. The maximum Gasteiger partial charge on any atom is 0.309 e. The van der Waals surface area contributed by atoms with E-state index in [1.54, 1.807) is 27.7 Å². The van der Waals surface area contributed by atoms with E-state index >= 15 is 0 Å². The lowest BCUT2D eigenvalue weighted by Gasteiger charge is -2.40. The molecule has 0 spiro atoms. The van der Waals surface area contributed by atoms with E-state index in [0.29, 0.717) is 0 Å². The van der Waals surface area contributed by atoms with Crippen LogP contribution in [0, 0.1) is 23.7 Å². The second-order valence-corrected chi connectivity index (χ2v) is 8.83. The quantitative estimate of drug-likeness (QED) is 0.450. The highest BCUT2D eigenvalue weighted by Gasteiger charge is 2.75. The Balaban J connectivity index is 1.80. The van der Waals surface area contributed by atoms with Crippen LogP contribution in [0.2, 0.25) is 0 Å². The topological polar surface area (TPSA) is 91.3 Å². The summed E-state index contributed by atoms with van der Waals surface area (Å²) in [4.78, 5) is 35.9. The third-order valence-electron chi connectivity index (χ3n) is 6.62. The zero-order valence-electron chi connectivity index (χ0n) is 15.7. The fourth-order valence-electron chi connectivity index (χ4n) is 5.09. The van der Waals surface area contributed by atoms with Gasteiger partial charge in [-0.2, -0.15) is 0 Å². The number of ether oxygens (including phenoxy) is 2. The molecule has 26 heavy (non-hydrogen) atoms. The number of carbonyl (C=O) groups is 2. The number of aliphatic hydroxyl groups is 1. The van der Waals surface area contributed by atoms with Gasteiger partial charge < -0.3 is 14.6 Å². The average molecular weight is 366 g/mol. The zero-order valence-corrected chi connectivity index (χ0v) is 15.7. The van der Waals surface area contributed by atoms with Gasteiger partial charge in [0.1, 0.15) is 23.4 Å². The smallest absolute Gasteiger partial charge is 0.309 e. The molecule has 0 radical (unpaired) electrons. The van der Waals surface area contributed by atoms with E-state index in [1.807, 2.05) is 19.1 Å². The molecule has 0 unspecified atom stereocenters. The van der Waals surface area contributed by atoms with Crippen LogP contribution >= 0.6 is 0 Å². The summed E-state index contributed by atoms with van der Waals surface area (Å²) in [5.74, 6) is -2.21. The molecule has 2 aliphatic carbocycles. The summed E-state index contributed by atoms with van der Waals surface area (Å²) in [6, 6.07) is 0. The van der Waals surface area contributed by atoms with E-state index < -0.39 is 40.8 Å². The molecule has 0 amide bonds. The van der Waals surface area contributed by atoms with Crippen LogP contribution in [0.25, 0.3) is 0 Å². The van der Waals surface area contributed by atoms with Gasteiger partial charge in [0, 0.05) is 12.3 Å². The van der Waals surface area contributed by atoms with Crippen LogP contribution in [0.5, 0.6) is 0 Å². The molecule has 0 aromatic heterocycles. The number of fused-ring (bicyclic) bond motifs is 1. The van der Waals surface area contributed by atoms with E-state index in [2.05, 4.69) is 0 Å². The molecule has 3 fully saturated rings. The molecule has 2 bridgehead atoms. The van der Waals surface area contributed by atoms with Gasteiger partial charge in [-0.15, -0.1) is 0 Å². The molecule has 1 saturated carbocycles. The first-order valence-electron chi connectivity index (χ1n) is 9.23. The maximum absolute atomic E-state index is 12.4. The number of esters is 2. The monoisotopic (exact) mass is 366 g/mol. The van der Waals surface area contributed by atoms with Crippen LogP contribution in [0.15, 0.2) is 12.2 Å². The Morgan fingerprint density at radius 1 is 1.31 bits per heavy atom. The molecule has 2 aliphatic heterocycles. The van der Waals surface area contributed by atoms with Gasteiger partial charge in [0.15, 0.2) is 5.60 Å². The largest absolute Gasteiger partial charge is 0.462 e. The fourth-order valence-corrected chi connectivity index (χ4v) is 5.09. The highest BCUT2D eigenvalue weighted by molar-refractivity contribution is 5.76. The molecule has 2 heterocycles. The van der Waals surface area contributed by atoms with Gasteiger partial charge >= 0.3 is 11.9 Å². The summed E-state index contributed by atoms with van der Waals surface area (Å²) in [7, 11) is 0. The van der Waals surface area contributed by atoms with Crippen LogP contribution in [0.4, 0.5) is 0 Å². The van der Waals surface area contributed by atoms with Crippen molar-refractivity contribution in [2.75, 3.05) is 0 Å². The van der Waals surface area contributed by atoms with E-state index in [1.165, 1.54) is 0 Å². The minimum atomic E-state index is -1.36. The molecular formula is C19H26O7. The van der Waals surface area contributed by atoms with Crippen molar-refractivity contribution in [2.45, 2.75) is 70.1 Å². The fraction of sp³-hybridized carbons (Fsp3) is 0.789. The lowest BCUT2D eigenvalue weighted by atomic mass is 9.70. The number of hydrogen-bond donors (Lipinski definition) is 1. The maximum atomic E-state index is 12.4. The van der Waals surface area contributed by atoms with Crippen molar-refractivity contribution >= 4 is 11.9 Å². The second-order valence-electron chi connectivity index (χ2n) is 8.83. The van der Waals surface area contributed by atoms with Crippen molar-refractivity contribution in [1.82, 2.24) is 0 Å². The van der Waals surface area contributed by atoms with E-state index in [0.717, 1.165) is 0 Å². The predicted molar refractivity (Wildman–Crippen MR) is 88.4 cm³/mol. The highest BCUT2D eigenvalue weighted by atomic mass is 17.2. The van der Waals surface area contributed by atoms with Crippen molar-refractivity contribution in [3.8, 4) is 0 Å². The molecule has 2 saturated heterocycles. The number of hydrogen-bond acceptors (Lipinski definition) is 7. The summed E-state index contributed by atoms with van der Waals surface area (Å²) in [6.45, 7) is 8.81. The second kappa shape index (κ2) is 5.30. The Morgan fingerprint density at radius 2 is 2.00 bits per heavy atom. The van der Waals surface area contributed by atoms with Crippen LogP contribution in [0.1, 0.15) is 41.0 Å². The number of carbonyl (C=O) groups excluding carboxylic acids is 2. The SMILES string of the molecule is CC(C)C(=O)O[C@H]1C[C@](C)(O)[C@@]23C=C[C@@](C)(OO2)[C@@H]3[C@H]2OC(=O)[C@@H](C)[C@@H]21. The van der Waals surface area contributed by atoms with Gasteiger partial charge in [0.2, 0.25) is 0 Å². The van der Waals surface area contributed by atoms with Crippen LogP contribution in [0.3, 0.4) is 0 Å². The summed E-state index contributed by atoms with van der Waals surface area (Å²) in [5.41, 5.74) is -3.32. The van der Waals surface area contributed by atoms with Crippen LogP contribution in [-0.4, -0.2) is 46.1 Å². The molecule has 0 aromatic rings. The molecule has 4 aliphatic rings. The Kier molecular flexibility index (Phi) is 3.66. The third kappa shape index (κ3) is 2.11. The summed E-state index contributed by atoms with van der Waals surface area (Å²) in [5, 5.41) is 11.4. The molecule has 8 atom stereocenters. The van der Waals surface area contributed by atoms with Crippen molar-refractivity contribution in [3.05, 3.63) is 12.2 Å². The molecule has 0 aromatic carbocycles. The van der Waals surface area contributed by atoms with Gasteiger partial charge in [0.05, 0.1) is 17.8 Å². The zero-order chi connectivity index (χ0) is 19.1. The molecule has 144 valence electrons. The Bertz CT molecular complexity index is 683. The van der Waals surface area contributed by atoms with Crippen molar-refractivity contribution in [3.63, 3.8) is 0 Å². The van der Waals surface area contributed by atoms with Crippen molar-refractivity contribution in [1.29, 1.82) is 0 Å². The first kappa shape index (κ1) is 17.9. The van der Waals surface area contributed by atoms with Crippen LogP contribution < -0.4 is 0 Å². The van der Waals surface area contributed by atoms with Crippen LogP contribution in [-0.2, 0) is 28.8 Å². The highest BCUT2D eigenvalue weighted by Crippen LogP contribution is 2.62. The van der Waals surface area contributed by atoms with E-state index in [9.17, 15) is 14.7 Å². The Hall–Kier alpha value is -1.44. The molecule has 4 rings (SSSR count). The third-order valence-corrected chi connectivity index (χ3v) is 6.62. The Labute approximate surface area is 152 Å². The molecule has 7 nitrogen and oxygen atoms in total. The lowest BCUT2D eigenvalue weighted by Crippen LogP contribution is -2.56. The van der Waals surface area contributed by atoms with Gasteiger partial charge in [0.25, 0.3) is 0 Å². The minimum Gasteiger partial charge on any atom is -0.462 e. The summed E-state index contributed by atoms with van der Waals surface area (Å²) >= 11 is 0. The lowest BCUT2D eigenvalue weighted by molar-refractivity contribution is -0.361. The first-order chi connectivity index (χ1) is 12.0. The van der Waals surface area contributed by atoms with Crippen molar-refractivity contribution in [2.24, 2.45) is 23.7 Å². The summed E-state index contributed by atoms with van der Waals surface area (Å²) in [6.07, 6.45) is 2.59. The van der Waals surface area contributed by atoms with Gasteiger partial charge in [-0.3, -0.25) is 9.59 Å². The first-order valence-corrected chi connectivity index (χ1v) is 9.23. The molecule has 7 heteroatoms. The minimum absolute atomic E-state index is 0.133. The molecular weight excluding hydrogens is 340 g/mol. The van der Waals surface area contributed by atoms with Crippen molar-refractivity contribution < 1.29 is 33.9 Å². The van der Waals surface area contributed by atoms with Gasteiger partial charge in [-0.25, -0.2) is 9.78 Å². The average Bonchev–Trinajstić information content (AvgIpc) is 3.10. The predicted octanol–water partition coefficient (Wildman–Crippen LogP) is 1.53. The van der Waals surface area contributed by atoms with E-state index in [4.69, 9.17) is 19.2 Å².